The van der Waals surface area contributed by atoms with Crippen molar-refractivity contribution < 1.29 is 69.1 Å². The van der Waals surface area contributed by atoms with Crippen LogP contribution in [0.4, 0.5) is 0 Å². The first-order valence-corrected chi connectivity index (χ1v) is 11.4. The molecule has 0 aliphatic carbocycles. The summed E-state index contributed by atoms with van der Waals surface area (Å²) in [7, 11) is -20.7. The molecule has 0 atom stereocenters. The van der Waals surface area contributed by atoms with Crippen LogP contribution in [0.15, 0.2) is 0 Å². The Bertz CT molecular complexity index is 854. The van der Waals surface area contributed by atoms with E-state index in [1.807, 2.05) is 0 Å². The molecule has 0 aromatic carbocycles. The molecule has 0 saturated heterocycles. The van der Waals surface area contributed by atoms with Crippen molar-refractivity contribution in [3.05, 3.63) is 0 Å². The molecule has 0 amide bonds. The van der Waals surface area contributed by atoms with Crippen LogP contribution in [0.1, 0.15) is 12.8 Å². The molecule has 0 aliphatic rings. The van der Waals surface area contributed by atoms with Crippen LogP contribution in [0.2, 0.25) is 0 Å². The Labute approximate surface area is 147 Å². The fourth-order valence-electron chi connectivity index (χ4n) is 0.926. The van der Waals surface area contributed by atoms with Gasteiger partial charge in [-0.2, -0.15) is 33.7 Å². The summed E-state index contributed by atoms with van der Waals surface area (Å²) in [6.45, 7) is 0. The highest BCUT2D eigenvalue weighted by Crippen LogP contribution is 2.04. The van der Waals surface area contributed by atoms with Crippen molar-refractivity contribution >= 4 is 53.0 Å². The molecule has 0 bridgehead atoms. The Morgan fingerprint density at radius 1 is 0.615 bits per heavy atom. The number of carbonyl (C=O) groups is 2. The van der Waals surface area contributed by atoms with Gasteiger partial charge in [0.1, 0.15) is 0 Å². The van der Waals surface area contributed by atoms with Crippen LogP contribution in [0.3, 0.4) is 0 Å². The van der Waals surface area contributed by atoms with E-state index in [-0.39, 0.29) is 0 Å². The molecule has 0 unspecified atom stereocenters. The van der Waals surface area contributed by atoms with Crippen molar-refractivity contribution in [2.75, 3.05) is 11.9 Å². The topological polar surface area (TPSA) is 248 Å². The number of hydrogen-bond acceptors (Lipinski definition) is 14. The highest BCUT2D eigenvalue weighted by atomic mass is 32.3. The third-order valence-electron chi connectivity index (χ3n) is 1.64. The van der Waals surface area contributed by atoms with E-state index in [1.54, 1.807) is 0 Å². The van der Waals surface area contributed by atoms with Gasteiger partial charge in [0.05, 0.1) is 12.8 Å². The summed E-state index contributed by atoms with van der Waals surface area (Å²) in [6, 6.07) is 0. The third kappa shape index (κ3) is 13.8. The second-order valence-corrected chi connectivity index (χ2v) is 9.38. The largest absolute Gasteiger partial charge is 0.447 e. The van der Waals surface area contributed by atoms with Gasteiger partial charge >= 0.3 is 53.0 Å². The van der Waals surface area contributed by atoms with Gasteiger partial charge in [0.2, 0.25) is 11.9 Å². The van der Waals surface area contributed by atoms with Crippen molar-refractivity contribution in [1.82, 2.24) is 0 Å². The summed E-state index contributed by atoms with van der Waals surface area (Å²) in [6.07, 6.45) is -1.72. The smallest absolute Gasteiger partial charge is 0.412 e. The van der Waals surface area contributed by atoms with Crippen molar-refractivity contribution in [3.8, 4) is 0 Å². The molecule has 0 heterocycles. The average molecular weight is 466 g/mol. The van der Waals surface area contributed by atoms with E-state index in [0.29, 0.717) is 0 Å². The molecule has 154 valence electrons. The third-order valence-corrected chi connectivity index (χ3v) is 5.49. The molecule has 0 rings (SSSR count). The van der Waals surface area contributed by atoms with Gasteiger partial charge in [-0.05, 0) is 0 Å². The molecular weight excluding hydrogens is 456 g/mol. The summed E-state index contributed by atoms with van der Waals surface area (Å²) in [5.74, 6) is -6.03. The van der Waals surface area contributed by atoms with E-state index in [0.717, 1.165) is 0 Å². The van der Waals surface area contributed by atoms with Crippen molar-refractivity contribution in [2.45, 2.75) is 12.8 Å². The summed E-state index contributed by atoms with van der Waals surface area (Å²) in [4.78, 5) is 22.3. The van der Waals surface area contributed by atoms with E-state index >= 15 is 0 Å². The van der Waals surface area contributed by atoms with Crippen molar-refractivity contribution in [2.24, 2.45) is 0 Å². The second-order valence-electron chi connectivity index (χ2n) is 3.88. The Morgan fingerprint density at radius 3 is 1.12 bits per heavy atom. The lowest BCUT2D eigenvalue weighted by atomic mass is 10.3. The van der Waals surface area contributed by atoms with Crippen LogP contribution in [0.5, 0.6) is 0 Å². The monoisotopic (exact) mass is 466 g/mol. The lowest BCUT2D eigenvalue weighted by Gasteiger charge is -2.06. The van der Waals surface area contributed by atoms with E-state index in [2.05, 4.69) is 16.7 Å². The second kappa shape index (κ2) is 8.98. The lowest BCUT2D eigenvalue weighted by Crippen LogP contribution is -2.21. The summed E-state index contributed by atoms with van der Waals surface area (Å²) in [5.41, 5.74) is 0. The number of hydrogen-bond donors (Lipinski definition) is 2. The van der Waals surface area contributed by atoms with E-state index in [4.69, 9.17) is 9.11 Å². The molecule has 0 aliphatic heterocycles. The number of rotatable bonds is 11. The number of esters is 2. The SMILES string of the molecule is O=C(CCC(=O)OCS(=O)(=O)OS(=O)(=O)O)OCS(=O)(=O)OS(=O)(=O)O. The Balaban J connectivity index is 4.34. The zero-order chi connectivity index (χ0) is 20.8. The molecule has 26 heavy (non-hydrogen) atoms. The first-order valence-electron chi connectivity index (χ1n) is 5.54. The molecule has 0 spiro atoms. The predicted molar refractivity (Wildman–Crippen MR) is 74.3 cm³/mol. The normalized spacial score (nSPS) is 13.2. The maximum atomic E-state index is 11.1. The fourth-order valence-corrected chi connectivity index (χ4v) is 3.89. The molecule has 16 nitrogen and oxygen atoms in total. The van der Waals surface area contributed by atoms with Crippen LogP contribution >= 0.6 is 0 Å². The summed E-state index contributed by atoms with van der Waals surface area (Å²) < 4.78 is 115. The Morgan fingerprint density at radius 2 is 0.885 bits per heavy atom. The van der Waals surface area contributed by atoms with Gasteiger partial charge in [-0.1, -0.05) is 0 Å². The average Bonchev–Trinajstić information content (AvgIpc) is 2.35. The fraction of sp³-hybridized carbons (Fsp3) is 0.667. The van der Waals surface area contributed by atoms with E-state index < -0.39 is 77.7 Å². The minimum Gasteiger partial charge on any atom is -0.447 e. The first kappa shape index (κ1) is 24.6. The zero-order valence-corrected chi connectivity index (χ0v) is 15.3. The molecule has 0 radical (unpaired) electrons. The quantitative estimate of drug-likeness (QED) is 0.228. The maximum absolute atomic E-state index is 11.1. The van der Waals surface area contributed by atoms with E-state index in [1.165, 1.54) is 0 Å². The van der Waals surface area contributed by atoms with E-state index in [9.17, 15) is 43.3 Å². The van der Waals surface area contributed by atoms with Gasteiger partial charge in [-0.3, -0.25) is 18.7 Å². The molecule has 0 saturated carbocycles. The van der Waals surface area contributed by atoms with Gasteiger partial charge in [-0.25, -0.2) is 0 Å². The van der Waals surface area contributed by atoms with Crippen LogP contribution < -0.4 is 0 Å². The molecule has 0 fully saturated rings. The number of ether oxygens (including phenoxy) is 2. The van der Waals surface area contributed by atoms with Crippen LogP contribution in [0, 0.1) is 0 Å². The Kier molecular flexibility index (Phi) is 8.49. The standard InChI is InChI=1S/C6H10O16S4/c7-5(19-3-23(9,10)21-25(13,14)15)1-2-6(8)20-4-24(11,12)22-26(16,17)18/h1-4H2,(H,13,14,15)(H,16,17,18). The zero-order valence-electron chi connectivity index (χ0n) is 12.1. The van der Waals surface area contributed by atoms with Crippen molar-refractivity contribution in [1.29, 1.82) is 0 Å². The highest BCUT2D eigenvalue weighted by molar-refractivity contribution is 7.97. The predicted octanol–water partition coefficient (Wildman–Crippen LogP) is -2.93. The highest BCUT2D eigenvalue weighted by Gasteiger charge is 2.24. The summed E-state index contributed by atoms with van der Waals surface area (Å²) in [5, 5.41) is 0. The van der Waals surface area contributed by atoms with Crippen LogP contribution in [-0.4, -0.2) is 66.6 Å². The molecular formula is C6H10O16S4. The van der Waals surface area contributed by atoms with Gasteiger partial charge in [0.15, 0.2) is 0 Å². The minimum absolute atomic E-state index is 0.862. The summed E-state index contributed by atoms with van der Waals surface area (Å²) >= 11 is 0. The van der Waals surface area contributed by atoms with Gasteiger partial charge < -0.3 is 9.47 Å². The molecule has 20 heteroatoms. The Hall–Kier alpha value is -1.42. The molecule has 0 aromatic heterocycles. The first-order chi connectivity index (χ1) is 11.4. The van der Waals surface area contributed by atoms with Gasteiger partial charge in [-0.15, -0.1) is 7.26 Å². The molecule has 2 N–H and O–H groups in total. The molecule has 0 aromatic rings. The van der Waals surface area contributed by atoms with Crippen LogP contribution in [0.25, 0.3) is 0 Å². The maximum Gasteiger partial charge on any atom is 0.412 e. The van der Waals surface area contributed by atoms with Gasteiger partial charge in [0, 0.05) is 0 Å². The van der Waals surface area contributed by atoms with Crippen molar-refractivity contribution in [3.63, 3.8) is 0 Å². The minimum atomic E-state index is -5.37. The lowest BCUT2D eigenvalue weighted by molar-refractivity contribution is -0.148. The van der Waals surface area contributed by atoms with Gasteiger partial charge in [0.25, 0.3) is 0 Å². The number of carbonyl (C=O) groups excluding carboxylic acids is 2. The van der Waals surface area contributed by atoms with Crippen LogP contribution in [-0.2, 0) is 67.4 Å².